The van der Waals surface area contributed by atoms with E-state index in [1.807, 2.05) is 6.07 Å². The molecule has 0 radical (unpaired) electrons. The monoisotopic (exact) mass is 260 g/mol. The van der Waals surface area contributed by atoms with Crippen molar-refractivity contribution in [2.24, 2.45) is 0 Å². The Morgan fingerprint density at radius 3 is 3.32 bits per heavy atom. The minimum absolute atomic E-state index is 0.0496. The number of aromatic nitrogens is 2. The minimum Gasteiger partial charge on any atom is -0.374 e. The van der Waals surface area contributed by atoms with Crippen molar-refractivity contribution in [3.63, 3.8) is 0 Å². The Balaban J connectivity index is 1.62. The molecule has 0 saturated carbocycles. The van der Waals surface area contributed by atoms with Crippen LogP contribution in [0.3, 0.4) is 0 Å². The Morgan fingerprint density at radius 2 is 2.47 bits per heavy atom. The van der Waals surface area contributed by atoms with E-state index < -0.39 is 0 Å². The fraction of sp³-hybridized carbons (Fsp3) is 0.385. The van der Waals surface area contributed by atoms with Gasteiger partial charge in [-0.1, -0.05) is 0 Å². The second-order valence-corrected chi connectivity index (χ2v) is 4.54. The molecule has 1 aromatic carbocycles. The Morgan fingerprint density at radius 1 is 1.53 bits per heavy atom. The van der Waals surface area contributed by atoms with E-state index in [0.29, 0.717) is 18.7 Å². The summed E-state index contributed by atoms with van der Waals surface area (Å²) in [5.74, 6) is -0.0920. The van der Waals surface area contributed by atoms with Gasteiger partial charge < -0.3 is 20.4 Å². The van der Waals surface area contributed by atoms with E-state index in [2.05, 4.69) is 20.6 Å². The lowest BCUT2D eigenvalue weighted by molar-refractivity contribution is 0.0287. The van der Waals surface area contributed by atoms with Crippen molar-refractivity contribution in [3.05, 3.63) is 30.1 Å². The molecule has 19 heavy (non-hydrogen) atoms. The van der Waals surface area contributed by atoms with Crippen LogP contribution in [0.25, 0.3) is 11.0 Å². The number of aromatic amines is 1. The highest BCUT2D eigenvalue weighted by Gasteiger charge is 2.15. The van der Waals surface area contributed by atoms with E-state index in [1.54, 1.807) is 18.5 Å². The van der Waals surface area contributed by atoms with E-state index >= 15 is 0 Å². The first kappa shape index (κ1) is 12.1. The number of amides is 1. The number of ether oxygens (including phenoxy) is 1. The number of hydrogen-bond donors (Lipinski definition) is 3. The number of nitrogens with one attached hydrogen (secondary N) is 3. The standard InChI is InChI=1S/C13H16N4O2/c18-13(15-7-10-6-14-3-4-19-10)9-1-2-11-12(5-9)17-8-16-11/h1-2,5,8,10,14H,3-4,6-7H2,(H,15,18)(H,16,17). The summed E-state index contributed by atoms with van der Waals surface area (Å²) in [6.07, 6.45) is 1.67. The molecular formula is C13H16N4O2. The summed E-state index contributed by atoms with van der Waals surface area (Å²) in [6, 6.07) is 5.41. The second kappa shape index (κ2) is 5.38. The maximum atomic E-state index is 12.0. The van der Waals surface area contributed by atoms with E-state index in [0.717, 1.165) is 24.1 Å². The van der Waals surface area contributed by atoms with Gasteiger partial charge in [0.2, 0.25) is 0 Å². The number of benzene rings is 1. The molecule has 6 heteroatoms. The zero-order chi connectivity index (χ0) is 13.1. The van der Waals surface area contributed by atoms with Crippen LogP contribution < -0.4 is 10.6 Å². The number of carbonyl (C=O) groups excluding carboxylic acids is 1. The van der Waals surface area contributed by atoms with Crippen molar-refractivity contribution < 1.29 is 9.53 Å². The zero-order valence-electron chi connectivity index (χ0n) is 10.5. The molecule has 2 heterocycles. The van der Waals surface area contributed by atoms with Crippen LogP contribution in [0, 0.1) is 0 Å². The van der Waals surface area contributed by atoms with Crippen LogP contribution in [-0.2, 0) is 4.74 Å². The highest BCUT2D eigenvalue weighted by molar-refractivity contribution is 5.97. The highest BCUT2D eigenvalue weighted by Crippen LogP contribution is 2.11. The van der Waals surface area contributed by atoms with E-state index in [-0.39, 0.29) is 12.0 Å². The SMILES string of the molecule is O=C(NCC1CNCCO1)c1ccc2nc[nH]c2c1. The molecule has 1 atom stereocenters. The van der Waals surface area contributed by atoms with Gasteiger partial charge >= 0.3 is 0 Å². The predicted octanol–water partition coefficient (Wildman–Crippen LogP) is 0.281. The first-order valence-corrected chi connectivity index (χ1v) is 6.36. The fourth-order valence-corrected chi connectivity index (χ4v) is 2.14. The Kier molecular flexibility index (Phi) is 3.43. The van der Waals surface area contributed by atoms with Crippen molar-refractivity contribution >= 4 is 16.9 Å². The number of fused-ring (bicyclic) bond motifs is 1. The number of morpholine rings is 1. The van der Waals surface area contributed by atoms with Crippen LogP contribution in [0.1, 0.15) is 10.4 Å². The maximum absolute atomic E-state index is 12.0. The summed E-state index contributed by atoms with van der Waals surface area (Å²) in [5, 5.41) is 6.12. The summed E-state index contributed by atoms with van der Waals surface area (Å²) in [5.41, 5.74) is 2.35. The lowest BCUT2D eigenvalue weighted by Gasteiger charge is -2.23. The molecule has 0 aliphatic carbocycles. The lowest BCUT2D eigenvalue weighted by atomic mass is 10.2. The molecule has 1 amide bonds. The molecular weight excluding hydrogens is 244 g/mol. The third-order valence-electron chi connectivity index (χ3n) is 3.18. The molecule has 1 aromatic heterocycles. The van der Waals surface area contributed by atoms with Gasteiger partial charge in [0, 0.05) is 25.2 Å². The molecule has 0 bridgehead atoms. The molecule has 3 N–H and O–H groups in total. The van der Waals surface area contributed by atoms with E-state index in [9.17, 15) is 4.79 Å². The van der Waals surface area contributed by atoms with Crippen LogP contribution in [0.5, 0.6) is 0 Å². The number of imidazole rings is 1. The molecule has 100 valence electrons. The molecule has 0 spiro atoms. The van der Waals surface area contributed by atoms with Gasteiger partial charge in [0.25, 0.3) is 5.91 Å². The molecule has 1 aliphatic rings. The number of hydrogen-bond acceptors (Lipinski definition) is 4. The topological polar surface area (TPSA) is 79.0 Å². The first-order chi connectivity index (χ1) is 9.33. The van der Waals surface area contributed by atoms with Crippen LogP contribution in [0.2, 0.25) is 0 Å². The molecule has 6 nitrogen and oxygen atoms in total. The second-order valence-electron chi connectivity index (χ2n) is 4.54. The maximum Gasteiger partial charge on any atom is 0.251 e. The zero-order valence-corrected chi connectivity index (χ0v) is 10.5. The predicted molar refractivity (Wildman–Crippen MR) is 71.0 cm³/mol. The van der Waals surface area contributed by atoms with Gasteiger partial charge in [-0.25, -0.2) is 4.98 Å². The van der Waals surface area contributed by atoms with Crippen LogP contribution in [-0.4, -0.2) is 48.2 Å². The van der Waals surface area contributed by atoms with Crippen molar-refractivity contribution in [2.75, 3.05) is 26.2 Å². The van der Waals surface area contributed by atoms with Crippen molar-refractivity contribution in [2.45, 2.75) is 6.10 Å². The fourth-order valence-electron chi connectivity index (χ4n) is 2.14. The van der Waals surface area contributed by atoms with Gasteiger partial charge in [-0.15, -0.1) is 0 Å². The number of rotatable bonds is 3. The summed E-state index contributed by atoms with van der Waals surface area (Å²) in [7, 11) is 0. The van der Waals surface area contributed by atoms with Gasteiger partial charge in [-0.3, -0.25) is 4.79 Å². The van der Waals surface area contributed by atoms with Gasteiger partial charge in [0.15, 0.2) is 0 Å². The van der Waals surface area contributed by atoms with Gasteiger partial charge in [-0.05, 0) is 18.2 Å². The number of H-pyrrole nitrogens is 1. The molecule has 2 aromatic rings. The third-order valence-corrected chi connectivity index (χ3v) is 3.18. The molecule has 3 rings (SSSR count). The number of carbonyl (C=O) groups is 1. The summed E-state index contributed by atoms with van der Waals surface area (Å²) in [6.45, 7) is 2.87. The van der Waals surface area contributed by atoms with Crippen LogP contribution in [0.4, 0.5) is 0 Å². The quantitative estimate of drug-likeness (QED) is 0.740. The molecule has 1 fully saturated rings. The van der Waals surface area contributed by atoms with Crippen molar-refractivity contribution in [1.82, 2.24) is 20.6 Å². The lowest BCUT2D eigenvalue weighted by Crippen LogP contribution is -2.45. The van der Waals surface area contributed by atoms with E-state index in [1.165, 1.54) is 0 Å². The van der Waals surface area contributed by atoms with Crippen LogP contribution in [0.15, 0.2) is 24.5 Å². The molecule has 1 aliphatic heterocycles. The van der Waals surface area contributed by atoms with Gasteiger partial charge in [0.05, 0.1) is 30.1 Å². The molecule has 1 unspecified atom stereocenters. The van der Waals surface area contributed by atoms with Gasteiger partial charge in [0.1, 0.15) is 0 Å². The Hall–Kier alpha value is -1.92. The summed E-state index contributed by atoms with van der Waals surface area (Å²) in [4.78, 5) is 19.1. The third kappa shape index (κ3) is 2.74. The highest BCUT2D eigenvalue weighted by atomic mass is 16.5. The van der Waals surface area contributed by atoms with E-state index in [4.69, 9.17) is 4.74 Å². The van der Waals surface area contributed by atoms with Crippen molar-refractivity contribution in [3.8, 4) is 0 Å². The Labute approximate surface area is 110 Å². The van der Waals surface area contributed by atoms with Crippen LogP contribution >= 0.6 is 0 Å². The first-order valence-electron chi connectivity index (χ1n) is 6.36. The summed E-state index contributed by atoms with van der Waals surface area (Å²) < 4.78 is 5.53. The Bertz CT molecular complexity index is 575. The summed E-state index contributed by atoms with van der Waals surface area (Å²) >= 11 is 0. The minimum atomic E-state index is -0.0920. The smallest absolute Gasteiger partial charge is 0.251 e. The average Bonchev–Trinajstić information content (AvgIpc) is 2.93. The van der Waals surface area contributed by atoms with Crippen molar-refractivity contribution in [1.29, 1.82) is 0 Å². The molecule has 1 saturated heterocycles. The normalized spacial score (nSPS) is 19.5. The average molecular weight is 260 g/mol. The number of nitrogens with zero attached hydrogens (tertiary/aromatic N) is 1. The largest absolute Gasteiger partial charge is 0.374 e. The van der Waals surface area contributed by atoms with Gasteiger partial charge in [-0.2, -0.15) is 0 Å².